The molecule has 0 radical (unpaired) electrons. The Morgan fingerprint density at radius 2 is 1.60 bits per heavy atom. The molecule has 0 saturated heterocycles. The van der Waals surface area contributed by atoms with Gasteiger partial charge in [-0.15, -0.1) is 0 Å². The first-order valence-electron chi connectivity index (χ1n) is 11.1. The van der Waals surface area contributed by atoms with Crippen LogP contribution >= 0.6 is 11.6 Å². The van der Waals surface area contributed by atoms with Crippen molar-refractivity contribution in [3.8, 4) is 0 Å². The Morgan fingerprint density at radius 1 is 0.943 bits per heavy atom. The molecule has 0 aliphatic rings. The van der Waals surface area contributed by atoms with E-state index in [0.29, 0.717) is 28.5 Å². The number of rotatable bonds is 9. The number of carbonyl (C=O) groups excluding carboxylic acids is 2. The van der Waals surface area contributed by atoms with Crippen LogP contribution in [0, 0.1) is 12.8 Å². The lowest BCUT2D eigenvalue weighted by Crippen LogP contribution is -2.39. The van der Waals surface area contributed by atoms with Gasteiger partial charge in [0.15, 0.2) is 0 Å². The van der Waals surface area contributed by atoms with E-state index in [2.05, 4.69) is 10.6 Å². The average Bonchev–Trinajstić information content (AvgIpc) is 2.84. The van der Waals surface area contributed by atoms with Crippen LogP contribution in [0.15, 0.2) is 77.7 Å². The summed E-state index contributed by atoms with van der Waals surface area (Å²) in [5.41, 5.74) is 1.39. The van der Waals surface area contributed by atoms with Crippen LogP contribution in [0.25, 0.3) is 0 Å². The summed E-state index contributed by atoms with van der Waals surface area (Å²) >= 11 is 6.26. The Morgan fingerprint density at radius 3 is 2.29 bits per heavy atom. The molecule has 3 aromatic carbocycles. The zero-order valence-corrected chi connectivity index (χ0v) is 21.4. The molecule has 0 fully saturated rings. The molecule has 184 valence electrons. The number of nitrogens with one attached hydrogen (secondary N) is 2. The Bertz CT molecular complexity index is 1310. The highest BCUT2D eigenvalue weighted by Gasteiger charge is 2.29. The van der Waals surface area contributed by atoms with Crippen molar-refractivity contribution in [1.29, 1.82) is 0 Å². The molecule has 2 amide bonds. The van der Waals surface area contributed by atoms with Crippen LogP contribution in [-0.2, 0) is 14.8 Å². The van der Waals surface area contributed by atoms with Gasteiger partial charge in [0.1, 0.15) is 6.54 Å². The van der Waals surface area contributed by atoms with E-state index in [-0.39, 0.29) is 22.3 Å². The Labute approximate surface area is 211 Å². The van der Waals surface area contributed by atoms with Gasteiger partial charge in [0.05, 0.1) is 21.8 Å². The molecule has 0 saturated carbocycles. The molecule has 7 nitrogen and oxygen atoms in total. The maximum Gasteiger partial charge on any atom is 0.264 e. The lowest BCUT2D eigenvalue weighted by atomic mass is 10.1. The summed E-state index contributed by atoms with van der Waals surface area (Å²) in [6.07, 6.45) is 0. The van der Waals surface area contributed by atoms with Crippen molar-refractivity contribution in [2.75, 3.05) is 22.7 Å². The second kappa shape index (κ2) is 11.4. The Balaban J connectivity index is 1.93. The van der Waals surface area contributed by atoms with E-state index in [1.54, 1.807) is 67.6 Å². The number of amides is 2. The number of halogens is 1. The molecular weight excluding hydrogens is 486 g/mol. The maximum atomic E-state index is 13.5. The molecule has 0 spiro atoms. The molecule has 0 aromatic heterocycles. The number of nitrogens with zero attached hydrogens (tertiary/aromatic N) is 1. The van der Waals surface area contributed by atoms with Gasteiger partial charge in [-0.2, -0.15) is 0 Å². The van der Waals surface area contributed by atoms with Crippen LogP contribution in [0.2, 0.25) is 5.02 Å². The minimum absolute atomic E-state index is 0.0423. The SMILES string of the molecule is Cc1c(Cl)cccc1N(CC(=O)Nc1ccccc1C(=O)NCC(C)C)S(=O)(=O)c1ccccc1. The summed E-state index contributed by atoms with van der Waals surface area (Å²) in [6, 6.07) is 19.3. The third-order valence-corrected chi connectivity index (χ3v) is 7.43. The summed E-state index contributed by atoms with van der Waals surface area (Å²) in [4.78, 5) is 25.8. The van der Waals surface area contributed by atoms with Gasteiger partial charge >= 0.3 is 0 Å². The van der Waals surface area contributed by atoms with Crippen LogP contribution in [0.3, 0.4) is 0 Å². The molecule has 9 heteroatoms. The van der Waals surface area contributed by atoms with E-state index in [9.17, 15) is 18.0 Å². The summed E-state index contributed by atoms with van der Waals surface area (Å²) in [7, 11) is -4.09. The quantitative estimate of drug-likeness (QED) is 0.426. The zero-order valence-electron chi connectivity index (χ0n) is 19.8. The van der Waals surface area contributed by atoms with E-state index in [1.165, 1.54) is 12.1 Å². The molecular formula is C26H28ClN3O4S. The topological polar surface area (TPSA) is 95.6 Å². The summed E-state index contributed by atoms with van der Waals surface area (Å²) in [5, 5.41) is 5.90. The number of hydrogen-bond acceptors (Lipinski definition) is 4. The fourth-order valence-corrected chi connectivity index (χ4v) is 5.06. The monoisotopic (exact) mass is 513 g/mol. The maximum absolute atomic E-state index is 13.5. The van der Waals surface area contributed by atoms with Gasteiger partial charge in [-0.1, -0.05) is 61.8 Å². The van der Waals surface area contributed by atoms with Gasteiger partial charge in [-0.05, 0) is 54.8 Å². The summed E-state index contributed by atoms with van der Waals surface area (Å²) in [6.45, 7) is 5.62. The molecule has 3 aromatic rings. The number of carbonyl (C=O) groups is 2. The van der Waals surface area contributed by atoms with Gasteiger partial charge in [0.2, 0.25) is 5.91 Å². The van der Waals surface area contributed by atoms with E-state index in [1.807, 2.05) is 13.8 Å². The first-order chi connectivity index (χ1) is 16.6. The largest absolute Gasteiger partial charge is 0.352 e. The van der Waals surface area contributed by atoms with Gasteiger partial charge in [-0.25, -0.2) is 8.42 Å². The van der Waals surface area contributed by atoms with Gasteiger partial charge in [0, 0.05) is 11.6 Å². The van der Waals surface area contributed by atoms with Gasteiger partial charge in [0.25, 0.3) is 15.9 Å². The molecule has 3 rings (SSSR count). The first kappa shape index (κ1) is 26.2. The second-order valence-electron chi connectivity index (χ2n) is 8.41. The van der Waals surface area contributed by atoms with Crippen LogP contribution in [0.1, 0.15) is 29.8 Å². The fourth-order valence-electron chi connectivity index (χ4n) is 3.39. The van der Waals surface area contributed by atoms with Crippen molar-refractivity contribution >= 4 is 44.8 Å². The number of anilines is 2. The molecule has 2 N–H and O–H groups in total. The third-order valence-electron chi connectivity index (χ3n) is 5.24. The smallest absolute Gasteiger partial charge is 0.264 e. The van der Waals surface area contributed by atoms with Crippen molar-refractivity contribution in [2.24, 2.45) is 5.92 Å². The van der Waals surface area contributed by atoms with Crippen LogP contribution in [0.4, 0.5) is 11.4 Å². The average molecular weight is 514 g/mol. The van der Waals surface area contributed by atoms with Crippen molar-refractivity contribution in [1.82, 2.24) is 5.32 Å². The molecule has 0 heterocycles. The Kier molecular flexibility index (Phi) is 8.53. The van der Waals surface area contributed by atoms with Crippen molar-refractivity contribution in [3.05, 3.63) is 88.9 Å². The van der Waals surface area contributed by atoms with Crippen LogP contribution in [-0.4, -0.2) is 33.3 Å². The molecule has 35 heavy (non-hydrogen) atoms. The molecule has 0 aliphatic heterocycles. The van der Waals surface area contributed by atoms with Crippen LogP contribution < -0.4 is 14.9 Å². The van der Waals surface area contributed by atoms with Crippen molar-refractivity contribution in [2.45, 2.75) is 25.7 Å². The van der Waals surface area contributed by atoms with Gasteiger partial charge in [-0.3, -0.25) is 13.9 Å². The lowest BCUT2D eigenvalue weighted by Gasteiger charge is -2.26. The van der Waals surface area contributed by atoms with E-state index < -0.39 is 22.5 Å². The highest BCUT2D eigenvalue weighted by molar-refractivity contribution is 7.92. The zero-order chi connectivity index (χ0) is 25.6. The number of benzene rings is 3. The fraction of sp³-hybridized carbons (Fsp3) is 0.231. The standard InChI is InChI=1S/C26H28ClN3O4S/c1-18(2)16-28-26(32)21-12-7-8-14-23(21)29-25(31)17-30(24-15-9-13-22(27)19(24)3)35(33,34)20-10-5-4-6-11-20/h4-15,18H,16-17H2,1-3H3,(H,28,32)(H,29,31). The Hall–Kier alpha value is -3.36. The second-order valence-corrected chi connectivity index (χ2v) is 10.7. The predicted molar refractivity (Wildman–Crippen MR) is 139 cm³/mol. The van der Waals surface area contributed by atoms with E-state index >= 15 is 0 Å². The summed E-state index contributed by atoms with van der Waals surface area (Å²) < 4.78 is 28.1. The third kappa shape index (κ3) is 6.41. The lowest BCUT2D eigenvalue weighted by molar-refractivity contribution is -0.114. The number of sulfonamides is 1. The highest BCUT2D eigenvalue weighted by atomic mass is 35.5. The molecule has 0 atom stereocenters. The highest BCUT2D eigenvalue weighted by Crippen LogP contribution is 2.31. The number of para-hydroxylation sites is 1. The molecule has 0 bridgehead atoms. The summed E-state index contributed by atoms with van der Waals surface area (Å²) in [5.74, 6) is -0.666. The minimum atomic E-state index is -4.09. The van der Waals surface area contributed by atoms with E-state index in [4.69, 9.17) is 11.6 Å². The van der Waals surface area contributed by atoms with Crippen LogP contribution in [0.5, 0.6) is 0 Å². The van der Waals surface area contributed by atoms with Crippen molar-refractivity contribution < 1.29 is 18.0 Å². The minimum Gasteiger partial charge on any atom is -0.352 e. The van der Waals surface area contributed by atoms with Crippen molar-refractivity contribution in [3.63, 3.8) is 0 Å². The van der Waals surface area contributed by atoms with Gasteiger partial charge < -0.3 is 10.6 Å². The number of hydrogen-bond donors (Lipinski definition) is 2. The molecule has 0 aliphatic carbocycles. The normalized spacial score (nSPS) is 11.2. The predicted octanol–water partition coefficient (Wildman–Crippen LogP) is 4.87. The molecule has 0 unspecified atom stereocenters. The first-order valence-corrected chi connectivity index (χ1v) is 12.9. The van der Waals surface area contributed by atoms with E-state index in [0.717, 1.165) is 4.31 Å².